The zero-order chi connectivity index (χ0) is 13.2. The molecular formula is C13H23NO4. The van der Waals surface area contributed by atoms with Gasteiger partial charge in [-0.2, -0.15) is 0 Å². The van der Waals surface area contributed by atoms with Gasteiger partial charge in [-0.05, 0) is 26.7 Å². The third-order valence-electron chi connectivity index (χ3n) is 3.93. The van der Waals surface area contributed by atoms with Crippen molar-refractivity contribution in [3.05, 3.63) is 0 Å². The Balaban J connectivity index is 2.02. The number of carboxylic acid groups (broad SMARTS) is 1. The van der Waals surface area contributed by atoms with Crippen LogP contribution in [0.4, 0.5) is 0 Å². The van der Waals surface area contributed by atoms with Crippen LogP contribution < -0.4 is 0 Å². The number of carboxylic acids is 1. The third-order valence-corrected chi connectivity index (χ3v) is 3.93. The number of hydrogen-bond donors (Lipinski definition) is 1. The number of hydrogen-bond acceptors (Lipinski definition) is 4. The fourth-order valence-corrected chi connectivity index (χ4v) is 2.88. The van der Waals surface area contributed by atoms with E-state index in [1.165, 1.54) is 0 Å². The van der Waals surface area contributed by atoms with E-state index in [4.69, 9.17) is 9.47 Å². The Kier molecular flexibility index (Phi) is 3.94. The summed E-state index contributed by atoms with van der Waals surface area (Å²) in [5.41, 5.74) is -0.811. The summed E-state index contributed by atoms with van der Waals surface area (Å²) in [6.45, 7) is 8.12. The van der Waals surface area contributed by atoms with Crippen molar-refractivity contribution in [2.45, 2.75) is 32.3 Å². The molecule has 18 heavy (non-hydrogen) atoms. The second kappa shape index (κ2) is 5.15. The predicted molar refractivity (Wildman–Crippen MR) is 66.6 cm³/mol. The van der Waals surface area contributed by atoms with Crippen LogP contribution in [0.1, 0.15) is 26.7 Å². The molecule has 0 aromatic heterocycles. The highest BCUT2D eigenvalue weighted by Crippen LogP contribution is 2.33. The van der Waals surface area contributed by atoms with Crippen LogP contribution in [0.15, 0.2) is 0 Å². The smallest absolute Gasteiger partial charge is 0.311 e. The third kappa shape index (κ3) is 3.02. The summed E-state index contributed by atoms with van der Waals surface area (Å²) in [5, 5.41) is 9.54. The van der Waals surface area contributed by atoms with Gasteiger partial charge in [0.1, 0.15) is 0 Å². The molecule has 0 unspecified atom stereocenters. The monoisotopic (exact) mass is 257 g/mol. The molecule has 0 saturated carbocycles. The molecule has 0 aromatic carbocycles. The fourth-order valence-electron chi connectivity index (χ4n) is 2.88. The van der Waals surface area contributed by atoms with Gasteiger partial charge in [-0.3, -0.25) is 9.69 Å². The van der Waals surface area contributed by atoms with Gasteiger partial charge in [0.25, 0.3) is 0 Å². The first kappa shape index (κ1) is 13.8. The van der Waals surface area contributed by atoms with Gasteiger partial charge in [-0.15, -0.1) is 0 Å². The van der Waals surface area contributed by atoms with Crippen molar-refractivity contribution >= 4 is 5.97 Å². The van der Waals surface area contributed by atoms with Gasteiger partial charge in [0.05, 0.1) is 17.6 Å². The first-order chi connectivity index (χ1) is 8.44. The van der Waals surface area contributed by atoms with Gasteiger partial charge in [0, 0.05) is 32.8 Å². The van der Waals surface area contributed by atoms with Gasteiger partial charge in [0.15, 0.2) is 0 Å². The van der Waals surface area contributed by atoms with E-state index >= 15 is 0 Å². The van der Waals surface area contributed by atoms with Crippen molar-refractivity contribution < 1.29 is 19.4 Å². The summed E-state index contributed by atoms with van der Waals surface area (Å²) >= 11 is 0. The lowest BCUT2D eigenvalue weighted by atomic mass is 9.79. The zero-order valence-corrected chi connectivity index (χ0v) is 11.3. The molecule has 2 heterocycles. The van der Waals surface area contributed by atoms with E-state index in [1.54, 1.807) is 0 Å². The highest BCUT2D eigenvalue weighted by atomic mass is 16.5. The zero-order valence-electron chi connectivity index (χ0n) is 11.3. The molecule has 2 rings (SSSR count). The van der Waals surface area contributed by atoms with Crippen LogP contribution in [0.2, 0.25) is 0 Å². The molecule has 5 nitrogen and oxygen atoms in total. The van der Waals surface area contributed by atoms with Crippen molar-refractivity contribution in [1.29, 1.82) is 0 Å². The predicted octanol–water partition coefficient (Wildman–Crippen LogP) is 0.979. The van der Waals surface area contributed by atoms with Gasteiger partial charge < -0.3 is 14.6 Å². The molecule has 0 atom stereocenters. The van der Waals surface area contributed by atoms with Crippen LogP contribution >= 0.6 is 0 Å². The van der Waals surface area contributed by atoms with Crippen molar-refractivity contribution in [3.8, 4) is 0 Å². The Hall–Kier alpha value is -0.650. The second-order valence-electron chi connectivity index (χ2n) is 6.02. The number of carbonyl (C=O) groups is 1. The molecule has 0 aromatic rings. The number of aliphatic carboxylic acids is 1. The first-order valence-electron chi connectivity index (χ1n) is 6.61. The largest absolute Gasteiger partial charge is 0.481 e. The van der Waals surface area contributed by atoms with Crippen molar-refractivity contribution in [3.63, 3.8) is 0 Å². The van der Waals surface area contributed by atoms with Crippen LogP contribution in [0, 0.1) is 5.41 Å². The molecule has 0 amide bonds. The second-order valence-corrected chi connectivity index (χ2v) is 6.02. The molecule has 0 spiro atoms. The van der Waals surface area contributed by atoms with Gasteiger partial charge in [0.2, 0.25) is 0 Å². The van der Waals surface area contributed by atoms with E-state index in [2.05, 4.69) is 18.7 Å². The Morgan fingerprint density at radius 1 is 1.28 bits per heavy atom. The summed E-state index contributed by atoms with van der Waals surface area (Å²) < 4.78 is 11.0. The molecule has 104 valence electrons. The first-order valence-corrected chi connectivity index (χ1v) is 6.61. The van der Waals surface area contributed by atoms with Crippen molar-refractivity contribution in [2.75, 3.05) is 39.5 Å². The molecule has 5 heteroatoms. The quantitative estimate of drug-likeness (QED) is 0.816. The minimum atomic E-state index is -0.685. The molecular weight excluding hydrogens is 234 g/mol. The van der Waals surface area contributed by atoms with Crippen LogP contribution in [-0.4, -0.2) is 61.0 Å². The molecule has 2 aliphatic rings. The molecule has 1 N–H and O–H groups in total. The van der Waals surface area contributed by atoms with Gasteiger partial charge >= 0.3 is 5.97 Å². The normalized spacial score (nSPS) is 27.9. The Bertz CT molecular complexity index is 310. The molecule has 2 aliphatic heterocycles. The number of rotatable bonds is 3. The molecule has 0 aliphatic carbocycles. The van der Waals surface area contributed by atoms with E-state index in [9.17, 15) is 9.90 Å². The van der Waals surface area contributed by atoms with Crippen molar-refractivity contribution in [2.24, 2.45) is 5.41 Å². The van der Waals surface area contributed by atoms with E-state index in [0.717, 1.165) is 13.1 Å². The Morgan fingerprint density at radius 3 is 2.50 bits per heavy atom. The standard InChI is InChI=1S/C13H23NO4/c1-12(2)9-14(5-8-18-12)10-13(11(15)16)3-6-17-7-4-13/h3-10H2,1-2H3,(H,15,16). The topological polar surface area (TPSA) is 59.0 Å². The molecule has 2 saturated heterocycles. The highest BCUT2D eigenvalue weighted by molar-refractivity contribution is 5.75. The van der Waals surface area contributed by atoms with Gasteiger partial charge in [-0.1, -0.05) is 0 Å². The van der Waals surface area contributed by atoms with E-state index < -0.39 is 11.4 Å². The minimum absolute atomic E-state index is 0.177. The Labute approximate surface area is 108 Å². The number of ether oxygens (including phenoxy) is 2. The van der Waals surface area contributed by atoms with Crippen LogP contribution in [0.25, 0.3) is 0 Å². The summed E-state index contributed by atoms with van der Waals surface area (Å²) in [4.78, 5) is 13.8. The van der Waals surface area contributed by atoms with E-state index in [1.807, 2.05) is 0 Å². The summed E-state index contributed by atoms with van der Waals surface area (Å²) in [7, 11) is 0. The molecule has 0 radical (unpaired) electrons. The lowest BCUT2D eigenvalue weighted by Gasteiger charge is -2.43. The van der Waals surface area contributed by atoms with Crippen LogP contribution in [0.3, 0.4) is 0 Å². The maximum atomic E-state index is 11.6. The number of morpholine rings is 1. The molecule has 0 bridgehead atoms. The van der Waals surface area contributed by atoms with E-state index in [-0.39, 0.29) is 5.60 Å². The molecule has 2 fully saturated rings. The lowest BCUT2D eigenvalue weighted by Crippen LogP contribution is -2.54. The maximum absolute atomic E-state index is 11.6. The summed E-state index contributed by atoms with van der Waals surface area (Å²) in [5.74, 6) is -0.685. The maximum Gasteiger partial charge on any atom is 0.311 e. The average Bonchev–Trinajstić information content (AvgIpc) is 2.28. The van der Waals surface area contributed by atoms with E-state index in [0.29, 0.717) is 39.2 Å². The SMILES string of the molecule is CC1(C)CN(CC2(C(=O)O)CCOCC2)CCO1. The summed E-state index contributed by atoms with van der Waals surface area (Å²) in [6, 6.07) is 0. The fraction of sp³-hybridized carbons (Fsp3) is 0.923. The van der Waals surface area contributed by atoms with Gasteiger partial charge in [-0.25, -0.2) is 0 Å². The van der Waals surface area contributed by atoms with Crippen LogP contribution in [-0.2, 0) is 14.3 Å². The summed E-state index contributed by atoms with van der Waals surface area (Å²) in [6.07, 6.45) is 1.22. The highest BCUT2D eigenvalue weighted by Gasteiger charge is 2.43. The Morgan fingerprint density at radius 2 is 1.94 bits per heavy atom. The number of nitrogens with zero attached hydrogens (tertiary/aromatic N) is 1. The average molecular weight is 257 g/mol. The minimum Gasteiger partial charge on any atom is -0.481 e. The van der Waals surface area contributed by atoms with Crippen molar-refractivity contribution in [1.82, 2.24) is 4.90 Å². The lowest BCUT2D eigenvalue weighted by molar-refractivity contribution is -0.160. The van der Waals surface area contributed by atoms with Crippen LogP contribution in [0.5, 0.6) is 0 Å².